The Morgan fingerprint density at radius 2 is 1.27 bits per heavy atom. The zero-order valence-electron chi connectivity index (χ0n) is 36.2. The number of likely N-dealkylation sites (N-methyl/N-ethyl adjacent to an activating group) is 1. The highest BCUT2D eigenvalue weighted by atomic mass is 16.6. The maximum Gasteiger partial charge on any atom is 0.408 e. The third kappa shape index (κ3) is 17.0. The number of carbonyl (C=O) groups excluding carboxylic acids is 5. The predicted molar refractivity (Wildman–Crippen MR) is 228 cm³/mol. The van der Waals surface area contributed by atoms with Crippen LogP contribution in [0.3, 0.4) is 0 Å². The second-order valence-corrected chi connectivity index (χ2v) is 16.4. The van der Waals surface area contributed by atoms with Gasteiger partial charge in [-0.05, 0) is 75.3 Å². The molecule has 0 spiro atoms. The highest BCUT2D eigenvalue weighted by Crippen LogP contribution is 2.19. The summed E-state index contributed by atoms with van der Waals surface area (Å²) in [5, 5.41) is 31.0. The van der Waals surface area contributed by atoms with Crippen molar-refractivity contribution >= 4 is 29.8 Å². The maximum atomic E-state index is 14.6. The molecule has 0 bridgehead atoms. The monoisotopic (exact) mass is 832 g/mol. The fourth-order valence-electron chi connectivity index (χ4n) is 6.67. The molecule has 14 nitrogen and oxygen atoms in total. The SMILES string of the molecule is CCOC(=O)C[C@H](O)C(CC(C)C)NC(=O)C[C@H](O)[C@H](Cc1ccccc1)NC(=O)[C@H](Cc1ccccc1)N(C)C(=O)[C@H](Cc1ccc(OC)cc1)NC(=O)OC(C)(C)C. The second kappa shape index (κ2) is 24.0. The minimum atomic E-state index is -1.41. The molecule has 0 fully saturated rings. The largest absolute Gasteiger partial charge is 0.497 e. The first kappa shape index (κ1) is 48.9. The molecule has 0 aliphatic heterocycles. The van der Waals surface area contributed by atoms with E-state index in [-0.39, 0.29) is 38.2 Å². The number of amides is 4. The van der Waals surface area contributed by atoms with E-state index in [0.29, 0.717) is 12.2 Å². The number of nitrogens with one attached hydrogen (secondary N) is 3. The minimum absolute atomic E-state index is 0.0542. The molecule has 1 unspecified atom stereocenters. The average molecular weight is 833 g/mol. The van der Waals surface area contributed by atoms with E-state index >= 15 is 0 Å². The van der Waals surface area contributed by atoms with Crippen LogP contribution in [0.1, 0.15) is 77.5 Å². The third-order valence-corrected chi connectivity index (χ3v) is 9.68. The molecule has 0 aliphatic rings. The summed E-state index contributed by atoms with van der Waals surface area (Å²) in [6.07, 6.45) is -3.55. The second-order valence-electron chi connectivity index (χ2n) is 16.4. The molecule has 3 rings (SSSR count). The number of carbonyl (C=O) groups is 5. The van der Waals surface area contributed by atoms with E-state index in [4.69, 9.17) is 14.2 Å². The summed E-state index contributed by atoms with van der Waals surface area (Å²) < 4.78 is 15.8. The van der Waals surface area contributed by atoms with Crippen LogP contribution in [0.5, 0.6) is 5.75 Å². The van der Waals surface area contributed by atoms with Crippen molar-refractivity contribution in [2.45, 2.75) is 122 Å². The van der Waals surface area contributed by atoms with E-state index in [1.807, 2.05) is 74.5 Å². The predicted octanol–water partition coefficient (Wildman–Crippen LogP) is 4.52. The number of hydrogen-bond acceptors (Lipinski definition) is 10. The first-order chi connectivity index (χ1) is 28.4. The number of hydrogen-bond donors (Lipinski definition) is 5. The lowest BCUT2D eigenvalue weighted by Crippen LogP contribution is -2.58. The number of aliphatic hydroxyl groups is 2. The molecule has 3 aromatic carbocycles. The van der Waals surface area contributed by atoms with Crippen molar-refractivity contribution in [1.29, 1.82) is 0 Å². The van der Waals surface area contributed by atoms with E-state index < -0.39 is 78.2 Å². The molecule has 328 valence electrons. The number of alkyl carbamates (subject to hydrolysis) is 1. The molecule has 0 saturated carbocycles. The highest BCUT2D eigenvalue weighted by Gasteiger charge is 2.36. The van der Waals surface area contributed by atoms with Crippen molar-refractivity contribution in [2.75, 3.05) is 20.8 Å². The lowest BCUT2D eigenvalue weighted by Gasteiger charge is -2.33. The molecular formula is C46H64N4O10. The Morgan fingerprint density at radius 1 is 0.717 bits per heavy atom. The Morgan fingerprint density at radius 3 is 1.80 bits per heavy atom. The van der Waals surface area contributed by atoms with Crippen LogP contribution in [0.4, 0.5) is 4.79 Å². The summed E-state index contributed by atoms with van der Waals surface area (Å²) >= 11 is 0. The Kier molecular flexibility index (Phi) is 19.5. The lowest BCUT2D eigenvalue weighted by molar-refractivity contribution is -0.146. The number of nitrogens with zero attached hydrogens (tertiary/aromatic N) is 1. The molecule has 6 atom stereocenters. The van der Waals surface area contributed by atoms with Crippen LogP contribution in [0.15, 0.2) is 84.9 Å². The van der Waals surface area contributed by atoms with Crippen LogP contribution in [-0.4, -0.2) is 108 Å². The van der Waals surface area contributed by atoms with Gasteiger partial charge in [0.15, 0.2) is 0 Å². The first-order valence-corrected chi connectivity index (χ1v) is 20.5. The molecule has 60 heavy (non-hydrogen) atoms. The fraction of sp³-hybridized carbons (Fsp3) is 0.500. The Balaban J connectivity index is 1.94. The summed E-state index contributed by atoms with van der Waals surface area (Å²) in [6.45, 7) is 10.8. The van der Waals surface area contributed by atoms with Gasteiger partial charge >= 0.3 is 12.1 Å². The number of aliphatic hydroxyl groups excluding tert-OH is 2. The molecule has 0 aliphatic carbocycles. The summed E-state index contributed by atoms with van der Waals surface area (Å²) in [4.78, 5) is 69.1. The van der Waals surface area contributed by atoms with E-state index in [2.05, 4.69) is 16.0 Å². The van der Waals surface area contributed by atoms with Crippen molar-refractivity contribution in [1.82, 2.24) is 20.9 Å². The molecular weight excluding hydrogens is 769 g/mol. The fourth-order valence-corrected chi connectivity index (χ4v) is 6.67. The topological polar surface area (TPSA) is 193 Å². The molecule has 0 heterocycles. The standard InChI is InChI=1S/C46H64N4O10/c1-9-59-42(54)29-40(52)35(24-30(2)3)47-41(53)28-39(51)36(25-31-16-12-10-13-17-31)48-43(55)38(27-32-18-14-11-15-19-32)50(7)44(56)37(49-45(57)60-46(4,5)6)26-33-20-22-34(58-8)23-21-33/h10-23,30,35-40,51-52H,9,24-29H2,1-8H3,(H,47,53)(H,48,55)(H,49,57)/t35?,36-,37-,38-,39-,40-/m0/s1. The summed E-state index contributed by atoms with van der Waals surface area (Å²) in [5.41, 5.74) is 1.40. The third-order valence-electron chi connectivity index (χ3n) is 9.68. The normalized spacial score (nSPS) is 14.4. The van der Waals surface area contributed by atoms with E-state index in [9.17, 15) is 34.2 Å². The highest BCUT2D eigenvalue weighted by molar-refractivity contribution is 5.92. The molecule has 0 radical (unpaired) electrons. The first-order valence-electron chi connectivity index (χ1n) is 20.5. The maximum absolute atomic E-state index is 14.6. The molecule has 5 N–H and O–H groups in total. The van der Waals surface area contributed by atoms with E-state index in [1.165, 1.54) is 11.9 Å². The van der Waals surface area contributed by atoms with Gasteiger partial charge in [0.05, 0.1) is 50.8 Å². The Labute approximate surface area is 354 Å². The number of esters is 1. The lowest BCUT2D eigenvalue weighted by atomic mass is 9.95. The summed E-state index contributed by atoms with van der Waals surface area (Å²) in [6, 6.07) is 21.2. The van der Waals surface area contributed by atoms with Crippen molar-refractivity contribution in [3.05, 3.63) is 102 Å². The van der Waals surface area contributed by atoms with Crippen LogP contribution in [0.2, 0.25) is 0 Å². The summed E-state index contributed by atoms with van der Waals surface area (Å²) in [5.74, 6) is -1.68. The molecule has 3 aromatic rings. The van der Waals surface area contributed by atoms with Crippen LogP contribution in [0, 0.1) is 5.92 Å². The zero-order chi connectivity index (χ0) is 44.4. The Hall–Kier alpha value is -5.47. The van der Waals surface area contributed by atoms with Gasteiger partial charge in [0.1, 0.15) is 23.4 Å². The number of benzene rings is 3. The van der Waals surface area contributed by atoms with Gasteiger partial charge in [-0.25, -0.2) is 4.79 Å². The van der Waals surface area contributed by atoms with E-state index in [1.54, 1.807) is 59.1 Å². The van der Waals surface area contributed by atoms with Crippen molar-refractivity contribution in [3.63, 3.8) is 0 Å². The summed E-state index contributed by atoms with van der Waals surface area (Å²) in [7, 11) is 3.03. The smallest absolute Gasteiger partial charge is 0.408 e. The zero-order valence-corrected chi connectivity index (χ0v) is 36.2. The van der Waals surface area contributed by atoms with Crippen LogP contribution >= 0.6 is 0 Å². The van der Waals surface area contributed by atoms with Crippen molar-refractivity contribution in [2.24, 2.45) is 5.92 Å². The van der Waals surface area contributed by atoms with Gasteiger partial charge in [0.25, 0.3) is 0 Å². The molecule has 4 amide bonds. The van der Waals surface area contributed by atoms with Crippen LogP contribution in [-0.2, 0) is 47.9 Å². The molecule has 0 saturated heterocycles. The van der Waals surface area contributed by atoms with Gasteiger partial charge in [-0.15, -0.1) is 0 Å². The number of rotatable bonds is 22. The molecule has 0 aromatic heterocycles. The average Bonchev–Trinajstić information content (AvgIpc) is 3.18. The molecule has 14 heteroatoms. The van der Waals surface area contributed by atoms with Gasteiger partial charge < -0.3 is 45.3 Å². The van der Waals surface area contributed by atoms with Gasteiger partial charge in [-0.2, -0.15) is 0 Å². The minimum Gasteiger partial charge on any atom is -0.497 e. The Bertz CT molecular complexity index is 1800. The van der Waals surface area contributed by atoms with Crippen molar-refractivity contribution in [3.8, 4) is 5.75 Å². The number of ether oxygens (including phenoxy) is 3. The van der Waals surface area contributed by atoms with E-state index in [0.717, 1.165) is 16.7 Å². The van der Waals surface area contributed by atoms with Crippen LogP contribution < -0.4 is 20.7 Å². The van der Waals surface area contributed by atoms with Crippen molar-refractivity contribution < 1.29 is 48.4 Å². The van der Waals surface area contributed by atoms with Gasteiger partial charge in [-0.3, -0.25) is 19.2 Å². The van der Waals surface area contributed by atoms with Gasteiger partial charge in [0, 0.05) is 19.9 Å². The quantitative estimate of drug-likeness (QED) is 0.0900. The van der Waals surface area contributed by atoms with Crippen LogP contribution in [0.25, 0.3) is 0 Å². The number of methoxy groups -OCH3 is 1. The van der Waals surface area contributed by atoms with Gasteiger partial charge in [-0.1, -0.05) is 86.6 Å². The van der Waals surface area contributed by atoms with Gasteiger partial charge in [0.2, 0.25) is 17.7 Å².